The number of hydrazine groups is 1. The van der Waals surface area contributed by atoms with Gasteiger partial charge in [-0.1, -0.05) is 0 Å². The molecule has 23 heavy (non-hydrogen) atoms. The van der Waals surface area contributed by atoms with Gasteiger partial charge in [0.1, 0.15) is 11.2 Å². The molecular weight excluding hydrogens is 298 g/mol. The van der Waals surface area contributed by atoms with Crippen LogP contribution in [0.15, 0.2) is 0 Å². The molecule has 2 amide bonds. The summed E-state index contributed by atoms with van der Waals surface area (Å²) < 4.78 is 10.5. The van der Waals surface area contributed by atoms with Crippen LogP contribution in [0.1, 0.15) is 54.4 Å². The van der Waals surface area contributed by atoms with E-state index in [0.717, 1.165) is 12.8 Å². The Balaban J connectivity index is 2.22. The summed E-state index contributed by atoms with van der Waals surface area (Å²) in [6.45, 7) is 13.1. The first kappa shape index (κ1) is 19.5. The second kappa shape index (κ2) is 7.86. The molecule has 0 aromatic carbocycles. The summed E-state index contributed by atoms with van der Waals surface area (Å²) in [6.07, 6.45) is 1.02. The maximum Gasteiger partial charge on any atom is 0.422 e. The van der Waals surface area contributed by atoms with Gasteiger partial charge in [-0.25, -0.2) is 15.0 Å². The third kappa shape index (κ3) is 8.64. The van der Waals surface area contributed by atoms with E-state index in [1.165, 1.54) is 0 Å². The number of piperidine rings is 1. The number of amides is 2. The zero-order chi connectivity index (χ0) is 17.7. The van der Waals surface area contributed by atoms with E-state index < -0.39 is 17.3 Å². The van der Waals surface area contributed by atoms with E-state index in [0.29, 0.717) is 25.6 Å². The van der Waals surface area contributed by atoms with Crippen molar-refractivity contribution in [2.75, 3.05) is 19.6 Å². The standard InChI is InChI=1S/C16H31N3O4/c1-15(2,3)22-13(20)18-17-11-12-7-9-19(10-8-12)14(21)23-16(4,5)6/h12,17H,7-11H2,1-6H3,(H,18,20). The summed E-state index contributed by atoms with van der Waals surface area (Å²) in [5.74, 6) is 0.406. The Morgan fingerprint density at radius 2 is 1.52 bits per heavy atom. The van der Waals surface area contributed by atoms with Crippen molar-refractivity contribution in [2.45, 2.75) is 65.6 Å². The van der Waals surface area contributed by atoms with Gasteiger partial charge in [-0.3, -0.25) is 5.43 Å². The molecule has 0 bridgehead atoms. The first-order chi connectivity index (χ1) is 10.5. The summed E-state index contributed by atoms with van der Waals surface area (Å²) in [7, 11) is 0. The van der Waals surface area contributed by atoms with Gasteiger partial charge in [-0.2, -0.15) is 0 Å². The van der Waals surface area contributed by atoms with Gasteiger partial charge in [0, 0.05) is 19.6 Å². The molecule has 1 aliphatic heterocycles. The van der Waals surface area contributed by atoms with E-state index in [2.05, 4.69) is 10.9 Å². The number of nitrogens with one attached hydrogen (secondary N) is 2. The molecule has 0 unspecified atom stereocenters. The molecule has 0 aromatic rings. The molecule has 7 heteroatoms. The van der Waals surface area contributed by atoms with Crippen molar-refractivity contribution in [2.24, 2.45) is 5.92 Å². The Hall–Kier alpha value is -1.50. The molecule has 0 spiro atoms. The molecule has 1 aliphatic rings. The number of rotatable bonds is 3. The number of carbonyl (C=O) groups is 2. The van der Waals surface area contributed by atoms with Crippen molar-refractivity contribution in [1.82, 2.24) is 15.8 Å². The molecule has 0 saturated carbocycles. The summed E-state index contributed by atoms with van der Waals surface area (Å²) >= 11 is 0. The number of hydrogen-bond acceptors (Lipinski definition) is 5. The molecule has 1 fully saturated rings. The highest BCUT2D eigenvalue weighted by molar-refractivity contribution is 5.68. The zero-order valence-corrected chi connectivity index (χ0v) is 15.2. The highest BCUT2D eigenvalue weighted by Crippen LogP contribution is 2.19. The van der Waals surface area contributed by atoms with Crippen molar-refractivity contribution in [1.29, 1.82) is 0 Å². The van der Waals surface area contributed by atoms with E-state index in [-0.39, 0.29) is 6.09 Å². The highest BCUT2D eigenvalue weighted by atomic mass is 16.6. The maximum absolute atomic E-state index is 12.0. The summed E-state index contributed by atoms with van der Waals surface area (Å²) in [6, 6.07) is 0. The summed E-state index contributed by atoms with van der Waals surface area (Å²) in [5.41, 5.74) is 4.46. The van der Waals surface area contributed by atoms with Gasteiger partial charge in [0.15, 0.2) is 0 Å². The predicted molar refractivity (Wildman–Crippen MR) is 87.9 cm³/mol. The summed E-state index contributed by atoms with van der Waals surface area (Å²) in [5, 5.41) is 0. The van der Waals surface area contributed by atoms with Crippen LogP contribution in [-0.2, 0) is 9.47 Å². The Bertz CT molecular complexity index is 402. The van der Waals surface area contributed by atoms with Crippen LogP contribution in [0.5, 0.6) is 0 Å². The Morgan fingerprint density at radius 1 is 1.00 bits per heavy atom. The zero-order valence-electron chi connectivity index (χ0n) is 15.2. The van der Waals surface area contributed by atoms with Crippen LogP contribution in [-0.4, -0.2) is 47.9 Å². The van der Waals surface area contributed by atoms with Crippen LogP contribution in [0.4, 0.5) is 9.59 Å². The number of hydrogen-bond donors (Lipinski definition) is 2. The Labute approximate surface area is 139 Å². The minimum absolute atomic E-state index is 0.254. The molecule has 0 atom stereocenters. The van der Waals surface area contributed by atoms with Gasteiger partial charge < -0.3 is 14.4 Å². The third-order valence-electron chi connectivity index (χ3n) is 3.25. The normalized spacial score (nSPS) is 16.9. The van der Waals surface area contributed by atoms with Crippen molar-refractivity contribution in [3.05, 3.63) is 0 Å². The van der Waals surface area contributed by atoms with E-state index in [9.17, 15) is 9.59 Å². The lowest BCUT2D eigenvalue weighted by molar-refractivity contribution is 0.0183. The average molecular weight is 329 g/mol. The van der Waals surface area contributed by atoms with Gasteiger partial charge in [-0.15, -0.1) is 0 Å². The fourth-order valence-corrected chi connectivity index (χ4v) is 2.22. The molecule has 1 heterocycles. The van der Waals surface area contributed by atoms with E-state index in [1.807, 2.05) is 41.5 Å². The first-order valence-corrected chi connectivity index (χ1v) is 8.16. The minimum atomic E-state index is -0.509. The lowest BCUT2D eigenvalue weighted by Gasteiger charge is -2.33. The molecule has 7 nitrogen and oxygen atoms in total. The summed E-state index contributed by atoms with van der Waals surface area (Å²) in [4.78, 5) is 25.2. The number of nitrogens with zero attached hydrogens (tertiary/aromatic N) is 1. The SMILES string of the molecule is CC(C)(C)OC(=O)NNCC1CCN(C(=O)OC(C)(C)C)CC1. The van der Waals surface area contributed by atoms with E-state index in [4.69, 9.17) is 9.47 Å². The topological polar surface area (TPSA) is 79.9 Å². The molecule has 2 N–H and O–H groups in total. The molecule has 0 aliphatic carbocycles. The van der Waals surface area contributed by atoms with Crippen molar-refractivity contribution >= 4 is 12.2 Å². The monoisotopic (exact) mass is 329 g/mol. The lowest BCUT2D eigenvalue weighted by Crippen LogP contribution is -2.46. The second-order valence-corrected chi connectivity index (χ2v) is 7.92. The minimum Gasteiger partial charge on any atom is -0.444 e. The number of ether oxygens (including phenoxy) is 2. The van der Waals surface area contributed by atoms with Crippen molar-refractivity contribution in [3.8, 4) is 0 Å². The van der Waals surface area contributed by atoms with Crippen LogP contribution in [0.2, 0.25) is 0 Å². The first-order valence-electron chi connectivity index (χ1n) is 8.16. The maximum atomic E-state index is 12.0. The van der Waals surface area contributed by atoms with Crippen LogP contribution < -0.4 is 10.9 Å². The fraction of sp³-hybridized carbons (Fsp3) is 0.875. The Morgan fingerprint density at radius 3 is 2.00 bits per heavy atom. The Kier molecular flexibility index (Phi) is 6.68. The van der Waals surface area contributed by atoms with E-state index >= 15 is 0 Å². The number of carbonyl (C=O) groups excluding carboxylic acids is 2. The predicted octanol–water partition coefficient (Wildman–Crippen LogP) is 2.66. The molecular formula is C16H31N3O4. The van der Waals surface area contributed by atoms with Crippen LogP contribution in [0, 0.1) is 5.92 Å². The molecule has 134 valence electrons. The molecule has 0 aromatic heterocycles. The van der Waals surface area contributed by atoms with E-state index in [1.54, 1.807) is 4.90 Å². The van der Waals surface area contributed by atoms with Crippen molar-refractivity contribution in [3.63, 3.8) is 0 Å². The van der Waals surface area contributed by atoms with Crippen LogP contribution in [0.3, 0.4) is 0 Å². The average Bonchev–Trinajstić information content (AvgIpc) is 2.35. The number of likely N-dealkylation sites (tertiary alicyclic amines) is 1. The fourth-order valence-electron chi connectivity index (χ4n) is 2.22. The molecule has 0 radical (unpaired) electrons. The smallest absolute Gasteiger partial charge is 0.422 e. The third-order valence-corrected chi connectivity index (χ3v) is 3.25. The molecule has 1 saturated heterocycles. The van der Waals surface area contributed by atoms with Gasteiger partial charge in [0.25, 0.3) is 0 Å². The van der Waals surface area contributed by atoms with Gasteiger partial charge in [0.05, 0.1) is 0 Å². The van der Waals surface area contributed by atoms with Gasteiger partial charge in [-0.05, 0) is 60.3 Å². The van der Waals surface area contributed by atoms with Crippen molar-refractivity contribution < 1.29 is 19.1 Å². The highest BCUT2D eigenvalue weighted by Gasteiger charge is 2.26. The van der Waals surface area contributed by atoms with Crippen LogP contribution in [0.25, 0.3) is 0 Å². The van der Waals surface area contributed by atoms with Gasteiger partial charge >= 0.3 is 12.2 Å². The molecule has 1 rings (SSSR count). The second-order valence-electron chi connectivity index (χ2n) is 7.92. The van der Waals surface area contributed by atoms with Crippen LogP contribution >= 0.6 is 0 Å². The lowest BCUT2D eigenvalue weighted by atomic mass is 9.97. The largest absolute Gasteiger partial charge is 0.444 e. The quantitative estimate of drug-likeness (QED) is 0.778. The van der Waals surface area contributed by atoms with Gasteiger partial charge in [0.2, 0.25) is 0 Å².